The van der Waals surface area contributed by atoms with Crippen LogP contribution in [0.15, 0.2) is 41.4 Å². The molecule has 0 bridgehead atoms. The fourth-order valence-corrected chi connectivity index (χ4v) is 2.19. The summed E-state index contributed by atoms with van der Waals surface area (Å²) in [4.78, 5) is 19.1. The van der Waals surface area contributed by atoms with Gasteiger partial charge in [-0.05, 0) is 24.1 Å². The van der Waals surface area contributed by atoms with Gasteiger partial charge in [0.15, 0.2) is 11.6 Å². The minimum atomic E-state index is -0.791. The van der Waals surface area contributed by atoms with Crippen LogP contribution >= 0.6 is 0 Å². The van der Waals surface area contributed by atoms with E-state index in [-0.39, 0.29) is 17.0 Å². The zero-order valence-electron chi connectivity index (χ0n) is 11.9. The van der Waals surface area contributed by atoms with Crippen molar-refractivity contribution < 1.29 is 9.90 Å². The number of nitrogens with zero attached hydrogens (tertiary/aromatic N) is 2. The normalized spacial score (nSPS) is 9.82. The predicted molar refractivity (Wildman–Crippen MR) is 84.7 cm³/mol. The molecule has 5 N–H and O–H groups in total. The van der Waals surface area contributed by atoms with Gasteiger partial charge in [0.05, 0.1) is 12.1 Å². The van der Waals surface area contributed by atoms with Gasteiger partial charge in [-0.25, -0.2) is 4.85 Å². The number of carbonyl (C=O) groups is 1. The van der Waals surface area contributed by atoms with Crippen LogP contribution < -0.4 is 11.5 Å². The highest BCUT2D eigenvalue weighted by molar-refractivity contribution is 6.10. The Hall–Kier alpha value is -3.33. The first-order chi connectivity index (χ1) is 10.5. The molecule has 0 fully saturated rings. The summed E-state index contributed by atoms with van der Waals surface area (Å²) in [5, 5.41) is 10.1. The van der Waals surface area contributed by atoms with Gasteiger partial charge in [0.25, 0.3) is 5.91 Å². The first kappa shape index (κ1) is 15.1. The van der Waals surface area contributed by atoms with Crippen molar-refractivity contribution in [1.29, 1.82) is 0 Å². The highest BCUT2D eigenvalue weighted by atomic mass is 16.3. The molecule has 0 heterocycles. The molecule has 6 nitrogen and oxygen atoms in total. The molecular formula is C16H14N4O2. The Kier molecular flexibility index (Phi) is 4.09. The molecule has 0 aliphatic carbocycles. The van der Waals surface area contributed by atoms with Crippen molar-refractivity contribution in [3.05, 3.63) is 58.9 Å². The second kappa shape index (κ2) is 5.97. The molecule has 0 aliphatic heterocycles. The number of aryl methyl sites for hydroxylation is 1. The van der Waals surface area contributed by atoms with Crippen LogP contribution in [-0.4, -0.2) is 17.0 Å². The summed E-state index contributed by atoms with van der Waals surface area (Å²) in [7, 11) is 0. The number of aromatic hydroxyl groups is 1. The molecule has 1 amide bonds. The van der Waals surface area contributed by atoms with Gasteiger partial charge in [-0.15, -0.1) is 0 Å². The van der Waals surface area contributed by atoms with Crippen molar-refractivity contribution in [3.8, 4) is 16.9 Å². The van der Waals surface area contributed by atoms with E-state index in [4.69, 9.17) is 18.0 Å². The van der Waals surface area contributed by atoms with E-state index in [2.05, 4.69) is 9.84 Å². The van der Waals surface area contributed by atoms with E-state index >= 15 is 0 Å². The van der Waals surface area contributed by atoms with Gasteiger partial charge in [0.2, 0.25) is 0 Å². The number of aliphatic imine (C=N–C) groups is 1. The number of benzene rings is 2. The van der Waals surface area contributed by atoms with E-state index in [1.165, 1.54) is 12.1 Å². The van der Waals surface area contributed by atoms with E-state index in [9.17, 15) is 9.90 Å². The lowest BCUT2D eigenvalue weighted by atomic mass is 9.93. The van der Waals surface area contributed by atoms with E-state index in [1.807, 2.05) is 19.1 Å². The van der Waals surface area contributed by atoms with Gasteiger partial charge in [-0.2, -0.15) is 4.99 Å². The molecule has 0 saturated carbocycles. The monoisotopic (exact) mass is 294 g/mol. The molecule has 2 rings (SSSR count). The maximum Gasteiger partial charge on any atom is 0.283 e. The van der Waals surface area contributed by atoms with E-state index < -0.39 is 11.9 Å². The molecule has 0 atom stereocenters. The average Bonchev–Trinajstić information content (AvgIpc) is 2.46. The van der Waals surface area contributed by atoms with Crippen LogP contribution in [0.25, 0.3) is 16.0 Å². The molecule has 0 saturated heterocycles. The van der Waals surface area contributed by atoms with Gasteiger partial charge < -0.3 is 16.6 Å². The Morgan fingerprint density at radius 2 is 1.91 bits per heavy atom. The summed E-state index contributed by atoms with van der Waals surface area (Å²) < 4.78 is 0. The first-order valence-corrected chi connectivity index (χ1v) is 6.39. The Balaban J connectivity index is 2.85. The Bertz CT molecular complexity index is 815. The van der Waals surface area contributed by atoms with Crippen LogP contribution in [0.5, 0.6) is 5.75 Å². The Morgan fingerprint density at radius 1 is 1.23 bits per heavy atom. The minimum Gasteiger partial charge on any atom is -0.507 e. The van der Waals surface area contributed by atoms with Crippen molar-refractivity contribution in [3.63, 3.8) is 0 Å². The fraction of sp³-hybridized carbons (Fsp3) is 0.0625. The number of hydrogen-bond donors (Lipinski definition) is 3. The molecular weight excluding hydrogens is 280 g/mol. The molecule has 2 aromatic rings. The zero-order valence-corrected chi connectivity index (χ0v) is 11.9. The van der Waals surface area contributed by atoms with Crippen LogP contribution in [0.4, 0.5) is 5.69 Å². The number of phenolic OH excluding ortho intramolecular Hbond substituents is 1. The number of phenols is 1. The van der Waals surface area contributed by atoms with Crippen molar-refractivity contribution in [2.75, 3.05) is 0 Å². The SMILES string of the molecule is [C-]#[N+]c1ccc(O)c(C(=O)N=C(N)N)c1-c1ccccc1C. The lowest BCUT2D eigenvalue weighted by molar-refractivity contribution is 0.100. The third-order valence-corrected chi connectivity index (χ3v) is 3.14. The van der Waals surface area contributed by atoms with Gasteiger partial charge in [0.1, 0.15) is 5.75 Å². The third-order valence-electron chi connectivity index (χ3n) is 3.14. The smallest absolute Gasteiger partial charge is 0.283 e. The van der Waals surface area contributed by atoms with E-state index in [0.29, 0.717) is 11.1 Å². The molecule has 0 aliphatic rings. The zero-order chi connectivity index (χ0) is 16.3. The molecule has 0 aromatic heterocycles. The van der Waals surface area contributed by atoms with Gasteiger partial charge in [0, 0.05) is 5.56 Å². The summed E-state index contributed by atoms with van der Waals surface area (Å²) in [5.74, 6) is -1.48. The van der Waals surface area contributed by atoms with Gasteiger partial charge >= 0.3 is 0 Å². The van der Waals surface area contributed by atoms with Gasteiger partial charge in [-0.1, -0.05) is 30.3 Å². The second-order valence-electron chi connectivity index (χ2n) is 4.62. The van der Waals surface area contributed by atoms with Crippen molar-refractivity contribution in [2.45, 2.75) is 6.92 Å². The van der Waals surface area contributed by atoms with Crippen LogP contribution in [0, 0.1) is 13.5 Å². The third kappa shape index (κ3) is 2.74. The number of carbonyl (C=O) groups excluding carboxylic acids is 1. The van der Waals surface area contributed by atoms with Gasteiger partial charge in [-0.3, -0.25) is 4.79 Å². The Labute approximate surface area is 127 Å². The van der Waals surface area contributed by atoms with E-state index in [1.54, 1.807) is 12.1 Å². The van der Waals surface area contributed by atoms with Crippen molar-refractivity contribution in [2.24, 2.45) is 16.5 Å². The summed E-state index contributed by atoms with van der Waals surface area (Å²) >= 11 is 0. The number of rotatable bonds is 2. The largest absolute Gasteiger partial charge is 0.507 e. The van der Waals surface area contributed by atoms with Crippen molar-refractivity contribution in [1.82, 2.24) is 0 Å². The maximum absolute atomic E-state index is 12.2. The molecule has 22 heavy (non-hydrogen) atoms. The van der Waals surface area contributed by atoms with E-state index in [0.717, 1.165) is 5.56 Å². The summed E-state index contributed by atoms with van der Waals surface area (Å²) in [6.45, 7) is 9.15. The summed E-state index contributed by atoms with van der Waals surface area (Å²) in [6.07, 6.45) is 0. The van der Waals surface area contributed by atoms with Crippen LogP contribution in [-0.2, 0) is 0 Å². The molecule has 6 heteroatoms. The van der Waals surface area contributed by atoms with Crippen molar-refractivity contribution >= 4 is 17.6 Å². The number of hydrogen-bond acceptors (Lipinski definition) is 2. The summed E-state index contributed by atoms with van der Waals surface area (Å²) in [5.41, 5.74) is 12.5. The molecule has 2 aromatic carbocycles. The van der Waals surface area contributed by atoms with Crippen LogP contribution in [0.3, 0.4) is 0 Å². The molecule has 0 spiro atoms. The topological polar surface area (TPSA) is 106 Å². The standard InChI is InChI=1S/C16H14N4O2/c1-9-5-3-4-6-10(9)13-11(19-2)7-8-12(21)14(13)15(22)20-16(17)18/h3-8,21H,1H3,(H4,17,18,20,22). The predicted octanol–water partition coefficient (Wildman–Crippen LogP) is 2.33. The average molecular weight is 294 g/mol. The quantitative estimate of drug-likeness (QED) is 0.449. The number of guanidine groups is 1. The maximum atomic E-state index is 12.2. The highest BCUT2D eigenvalue weighted by Crippen LogP contribution is 2.40. The minimum absolute atomic E-state index is 0.0869. The number of nitrogens with two attached hydrogens (primary N) is 2. The van der Waals surface area contributed by atoms with Crippen LogP contribution in [0.2, 0.25) is 0 Å². The molecule has 110 valence electrons. The Morgan fingerprint density at radius 3 is 2.50 bits per heavy atom. The first-order valence-electron chi connectivity index (χ1n) is 6.39. The molecule has 0 unspecified atom stereocenters. The highest BCUT2D eigenvalue weighted by Gasteiger charge is 2.21. The fourth-order valence-electron chi connectivity index (χ4n) is 2.19. The second-order valence-corrected chi connectivity index (χ2v) is 4.62. The van der Waals surface area contributed by atoms with Crippen LogP contribution in [0.1, 0.15) is 15.9 Å². The lowest BCUT2D eigenvalue weighted by Gasteiger charge is -2.13. The number of amides is 1. The summed E-state index contributed by atoms with van der Waals surface area (Å²) in [6, 6.07) is 9.99. The lowest BCUT2D eigenvalue weighted by Crippen LogP contribution is -2.24. The molecule has 0 radical (unpaired) electrons.